The molecule has 1 aromatic carbocycles. The highest BCUT2D eigenvalue weighted by Gasteiger charge is 2.39. The van der Waals surface area contributed by atoms with E-state index in [1.54, 1.807) is 0 Å². The second kappa shape index (κ2) is 5.11. The van der Waals surface area contributed by atoms with Crippen molar-refractivity contribution in [3.05, 3.63) is 34.9 Å². The van der Waals surface area contributed by atoms with E-state index in [1.807, 2.05) is 0 Å². The Morgan fingerprint density at radius 1 is 1.21 bits per heavy atom. The molecule has 0 N–H and O–H groups in total. The minimum absolute atomic E-state index is 0.450. The van der Waals surface area contributed by atoms with Gasteiger partial charge in [-0.1, -0.05) is 30.2 Å². The lowest BCUT2D eigenvalue weighted by atomic mass is 9.84. The Hall–Kier alpha value is -1.11. The first-order valence-electron chi connectivity index (χ1n) is 7.69. The number of benzene rings is 1. The maximum atomic E-state index is 12.3. The number of carbonyl (C=O) groups is 1. The van der Waals surface area contributed by atoms with E-state index < -0.39 is 0 Å². The molecule has 0 aliphatic heterocycles. The van der Waals surface area contributed by atoms with Gasteiger partial charge in [-0.3, -0.25) is 4.79 Å². The first-order chi connectivity index (χ1) is 9.11. The third kappa shape index (κ3) is 2.75. The molecule has 2 fully saturated rings. The molecule has 1 nitrogen and oxygen atoms in total. The molecule has 3 rings (SSSR count). The van der Waals surface area contributed by atoms with Gasteiger partial charge in [0, 0.05) is 12.8 Å². The van der Waals surface area contributed by atoms with Crippen LogP contribution < -0.4 is 0 Å². The number of rotatable bonds is 4. The van der Waals surface area contributed by atoms with Gasteiger partial charge in [-0.25, -0.2) is 0 Å². The molecule has 102 valence electrons. The first kappa shape index (κ1) is 12.9. The maximum absolute atomic E-state index is 12.3. The van der Waals surface area contributed by atoms with Gasteiger partial charge in [-0.15, -0.1) is 0 Å². The SMILES string of the molecule is Cc1ccc(C)c(CC(=O)CC2CC3CCC2C3)c1. The van der Waals surface area contributed by atoms with Crippen LogP contribution in [0.1, 0.15) is 48.8 Å². The molecule has 3 atom stereocenters. The molecule has 2 aliphatic carbocycles. The van der Waals surface area contributed by atoms with Gasteiger partial charge in [0.25, 0.3) is 0 Å². The predicted molar refractivity (Wildman–Crippen MR) is 78.2 cm³/mol. The number of ketones is 1. The molecule has 1 heteroatoms. The number of hydrogen-bond acceptors (Lipinski definition) is 1. The molecule has 19 heavy (non-hydrogen) atoms. The van der Waals surface area contributed by atoms with E-state index in [2.05, 4.69) is 32.0 Å². The van der Waals surface area contributed by atoms with E-state index in [0.717, 1.165) is 18.3 Å². The molecule has 1 aromatic rings. The summed E-state index contributed by atoms with van der Waals surface area (Å²) in [7, 11) is 0. The Balaban J connectivity index is 1.61. The van der Waals surface area contributed by atoms with Crippen LogP contribution in [0.3, 0.4) is 0 Å². The fourth-order valence-corrected chi connectivity index (χ4v) is 4.19. The fraction of sp³-hybridized carbons (Fsp3) is 0.611. The Kier molecular flexibility index (Phi) is 3.47. The first-order valence-corrected chi connectivity index (χ1v) is 7.69. The normalized spacial score (nSPS) is 28.8. The number of Topliss-reactive ketones (excluding diaryl/α,β-unsaturated/α-hetero) is 1. The number of aryl methyl sites for hydroxylation is 2. The van der Waals surface area contributed by atoms with Gasteiger partial charge in [0.1, 0.15) is 5.78 Å². The molecule has 2 bridgehead atoms. The van der Waals surface area contributed by atoms with E-state index in [4.69, 9.17) is 0 Å². The lowest BCUT2D eigenvalue weighted by molar-refractivity contribution is -0.119. The van der Waals surface area contributed by atoms with Gasteiger partial charge >= 0.3 is 0 Å². The Morgan fingerprint density at radius 3 is 2.74 bits per heavy atom. The van der Waals surface area contributed by atoms with Crippen molar-refractivity contribution in [2.45, 2.75) is 52.4 Å². The summed E-state index contributed by atoms with van der Waals surface area (Å²) < 4.78 is 0. The Labute approximate surface area is 116 Å². The molecule has 0 amide bonds. The van der Waals surface area contributed by atoms with Gasteiger partial charge in [0.05, 0.1) is 0 Å². The third-order valence-corrected chi connectivity index (χ3v) is 5.27. The minimum atomic E-state index is 0.450. The monoisotopic (exact) mass is 256 g/mol. The Bertz CT molecular complexity index is 488. The van der Waals surface area contributed by atoms with Crippen molar-refractivity contribution in [1.82, 2.24) is 0 Å². The second-order valence-corrected chi connectivity index (χ2v) is 6.78. The van der Waals surface area contributed by atoms with Crippen molar-refractivity contribution < 1.29 is 4.79 Å². The molecule has 0 heterocycles. The minimum Gasteiger partial charge on any atom is -0.299 e. The van der Waals surface area contributed by atoms with Crippen molar-refractivity contribution in [1.29, 1.82) is 0 Å². The van der Waals surface area contributed by atoms with Crippen LogP contribution in [0.15, 0.2) is 18.2 Å². The van der Waals surface area contributed by atoms with Crippen LogP contribution >= 0.6 is 0 Å². The van der Waals surface area contributed by atoms with E-state index in [1.165, 1.54) is 42.4 Å². The molecule has 2 saturated carbocycles. The van der Waals surface area contributed by atoms with Crippen LogP contribution in [0.2, 0.25) is 0 Å². The van der Waals surface area contributed by atoms with Crippen molar-refractivity contribution in [3.63, 3.8) is 0 Å². The smallest absolute Gasteiger partial charge is 0.137 e. The van der Waals surface area contributed by atoms with Crippen LogP contribution in [-0.2, 0) is 11.2 Å². The van der Waals surface area contributed by atoms with E-state index in [0.29, 0.717) is 18.1 Å². The summed E-state index contributed by atoms with van der Waals surface area (Å²) in [4.78, 5) is 12.3. The van der Waals surface area contributed by atoms with Crippen molar-refractivity contribution >= 4 is 5.78 Å². The summed E-state index contributed by atoms with van der Waals surface area (Å²) in [5.41, 5.74) is 3.74. The molecule has 0 radical (unpaired) electrons. The van der Waals surface area contributed by atoms with Crippen LogP contribution in [0.5, 0.6) is 0 Å². The van der Waals surface area contributed by atoms with Crippen LogP contribution in [0, 0.1) is 31.6 Å². The Morgan fingerprint density at radius 2 is 2.05 bits per heavy atom. The van der Waals surface area contributed by atoms with Crippen molar-refractivity contribution in [2.75, 3.05) is 0 Å². The van der Waals surface area contributed by atoms with Gasteiger partial charge in [0.2, 0.25) is 0 Å². The number of hydrogen-bond donors (Lipinski definition) is 0. The summed E-state index contributed by atoms with van der Waals surface area (Å²) in [6, 6.07) is 6.43. The topological polar surface area (TPSA) is 17.1 Å². The van der Waals surface area contributed by atoms with Crippen molar-refractivity contribution in [2.24, 2.45) is 17.8 Å². The summed E-state index contributed by atoms with van der Waals surface area (Å²) in [6.45, 7) is 4.21. The van der Waals surface area contributed by atoms with Crippen LogP contribution in [0.25, 0.3) is 0 Å². The zero-order valence-electron chi connectivity index (χ0n) is 12.1. The standard InChI is InChI=1S/C18H24O/c1-12-3-4-13(2)16(7-12)10-18(19)11-17-9-14-5-6-15(17)8-14/h3-4,7,14-15,17H,5-6,8-11H2,1-2H3. The highest BCUT2D eigenvalue weighted by atomic mass is 16.1. The predicted octanol–water partition coefficient (Wildman–Crippen LogP) is 4.24. The lowest BCUT2D eigenvalue weighted by Gasteiger charge is -2.20. The zero-order chi connectivity index (χ0) is 13.4. The summed E-state index contributed by atoms with van der Waals surface area (Å²) in [6.07, 6.45) is 7.00. The van der Waals surface area contributed by atoms with E-state index in [-0.39, 0.29) is 0 Å². The number of fused-ring (bicyclic) bond motifs is 2. The van der Waals surface area contributed by atoms with E-state index >= 15 is 0 Å². The maximum Gasteiger partial charge on any atom is 0.137 e. The van der Waals surface area contributed by atoms with Gasteiger partial charge in [-0.2, -0.15) is 0 Å². The highest BCUT2D eigenvalue weighted by molar-refractivity contribution is 5.81. The summed E-state index contributed by atoms with van der Waals surface area (Å²) in [5, 5.41) is 0. The highest BCUT2D eigenvalue weighted by Crippen LogP contribution is 2.49. The van der Waals surface area contributed by atoms with Gasteiger partial charge in [-0.05, 0) is 62.0 Å². The lowest BCUT2D eigenvalue weighted by Crippen LogP contribution is -2.16. The van der Waals surface area contributed by atoms with Crippen LogP contribution in [0.4, 0.5) is 0 Å². The molecular weight excluding hydrogens is 232 g/mol. The van der Waals surface area contributed by atoms with E-state index in [9.17, 15) is 4.79 Å². The molecule has 0 spiro atoms. The largest absolute Gasteiger partial charge is 0.299 e. The van der Waals surface area contributed by atoms with Gasteiger partial charge in [0.15, 0.2) is 0 Å². The zero-order valence-corrected chi connectivity index (χ0v) is 12.1. The molecule has 0 saturated heterocycles. The average molecular weight is 256 g/mol. The number of carbonyl (C=O) groups excluding carboxylic acids is 1. The summed E-state index contributed by atoms with van der Waals surface area (Å²) in [5.74, 6) is 2.97. The van der Waals surface area contributed by atoms with Crippen molar-refractivity contribution in [3.8, 4) is 0 Å². The van der Waals surface area contributed by atoms with Gasteiger partial charge < -0.3 is 0 Å². The fourth-order valence-electron chi connectivity index (χ4n) is 4.19. The van der Waals surface area contributed by atoms with Crippen LogP contribution in [-0.4, -0.2) is 5.78 Å². The summed E-state index contributed by atoms with van der Waals surface area (Å²) >= 11 is 0. The molecule has 0 aromatic heterocycles. The molecule has 2 aliphatic rings. The third-order valence-electron chi connectivity index (χ3n) is 5.27. The quantitative estimate of drug-likeness (QED) is 0.787. The average Bonchev–Trinajstić information content (AvgIpc) is 2.96. The second-order valence-electron chi connectivity index (χ2n) is 6.78. The molecule has 3 unspecified atom stereocenters. The molecular formula is C18H24O.